The second-order valence-electron chi connectivity index (χ2n) is 4.56. The van der Waals surface area contributed by atoms with E-state index < -0.39 is 15.7 Å². The molecule has 0 atom stereocenters. The van der Waals surface area contributed by atoms with Crippen molar-refractivity contribution in [3.05, 3.63) is 27.8 Å². The van der Waals surface area contributed by atoms with Gasteiger partial charge in [0.15, 0.2) is 0 Å². The first-order valence-corrected chi connectivity index (χ1v) is 12.1. The van der Waals surface area contributed by atoms with Crippen molar-refractivity contribution in [1.29, 1.82) is 0 Å². The third-order valence-corrected chi connectivity index (χ3v) is 3.68. The Bertz CT molecular complexity index is 323. The molecule has 1 nitrogen and oxygen atoms in total. The Kier molecular flexibility index (Phi) is 10.7. The minimum atomic E-state index is -0.556. The van der Waals surface area contributed by atoms with Gasteiger partial charge in [-0.05, 0) is 6.42 Å². The Morgan fingerprint density at radius 3 is 1.78 bits per heavy atom. The van der Waals surface area contributed by atoms with E-state index in [4.69, 9.17) is 24.3 Å². The van der Waals surface area contributed by atoms with Crippen molar-refractivity contribution in [2.45, 2.75) is 53.4 Å². The van der Waals surface area contributed by atoms with Crippen molar-refractivity contribution in [2.24, 2.45) is 0 Å². The van der Waals surface area contributed by atoms with Gasteiger partial charge in [-0.2, -0.15) is 27.8 Å². The standard InChI is InChI=1S/C14H23O.2ClH.Ir/c1-10-11(2)13(4)14(12(10)3)8-6-5-7-9-15;;;/h15H,5-9H2,1-4H3;2*1H;/q-1;;;+3/p-2. The fourth-order valence-corrected chi connectivity index (χ4v) is 2.26. The van der Waals surface area contributed by atoms with Crippen molar-refractivity contribution in [3.63, 3.8) is 0 Å². The second kappa shape index (κ2) is 10.3. The Balaban J connectivity index is 0.000000873. The topological polar surface area (TPSA) is 20.2 Å². The molecule has 1 aromatic carbocycles. The molecule has 1 aromatic rings. The van der Waals surface area contributed by atoms with Crippen LogP contribution in [0.2, 0.25) is 0 Å². The van der Waals surface area contributed by atoms with Crippen molar-refractivity contribution in [3.8, 4) is 0 Å². The molecular formula is C14H23Cl2IrO. The van der Waals surface area contributed by atoms with Gasteiger partial charge in [0.25, 0.3) is 0 Å². The van der Waals surface area contributed by atoms with E-state index in [1.165, 1.54) is 35.1 Å². The molecule has 0 amide bonds. The van der Waals surface area contributed by atoms with Crippen LogP contribution < -0.4 is 0 Å². The molecule has 18 heavy (non-hydrogen) atoms. The van der Waals surface area contributed by atoms with Crippen LogP contribution >= 0.6 is 19.2 Å². The number of hydrogen-bond acceptors (Lipinski definition) is 1. The first-order valence-electron chi connectivity index (χ1n) is 6.17. The van der Waals surface area contributed by atoms with Crippen LogP contribution in [-0.4, -0.2) is 11.7 Å². The first-order chi connectivity index (χ1) is 8.51. The molecule has 0 unspecified atom stereocenters. The average Bonchev–Trinajstić information content (AvgIpc) is 2.52. The number of rotatable bonds is 5. The predicted octanol–water partition coefficient (Wildman–Crippen LogP) is 4.72. The summed E-state index contributed by atoms with van der Waals surface area (Å²) in [4.78, 5) is 0. The van der Waals surface area contributed by atoms with Gasteiger partial charge in [-0.15, -0.1) is 0 Å². The average molecular weight is 470 g/mol. The Labute approximate surface area is 127 Å². The third kappa shape index (κ3) is 5.67. The summed E-state index contributed by atoms with van der Waals surface area (Å²) in [6.07, 6.45) is 4.45. The van der Waals surface area contributed by atoms with Gasteiger partial charge < -0.3 is 5.11 Å². The zero-order valence-electron chi connectivity index (χ0n) is 11.6. The molecule has 0 saturated heterocycles. The van der Waals surface area contributed by atoms with E-state index in [0.29, 0.717) is 6.61 Å². The van der Waals surface area contributed by atoms with Gasteiger partial charge in [-0.3, -0.25) is 0 Å². The van der Waals surface area contributed by atoms with Crippen LogP contribution in [0, 0.1) is 27.7 Å². The number of hydrogen-bond donors (Lipinski definition) is 1. The summed E-state index contributed by atoms with van der Waals surface area (Å²) in [6.45, 7) is 9.23. The number of unbranched alkanes of at least 4 members (excludes halogenated alkanes) is 2. The molecule has 108 valence electrons. The van der Waals surface area contributed by atoms with Crippen LogP contribution in [0.5, 0.6) is 0 Å². The Morgan fingerprint density at radius 1 is 0.944 bits per heavy atom. The minimum absolute atomic E-state index is 0.330. The fraction of sp³-hybridized carbons (Fsp3) is 0.643. The molecule has 0 bridgehead atoms. The van der Waals surface area contributed by atoms with Crippen molar-refractivity contribution >= 4 is 19.2 Å². The van der Waals surface area contributed by atoms with Gasteiger partial charge in [-0.25, -0.2) is 0 Å². The molecule has 1 rings (SSSR count). The van der Waals surface area contributed by atoms with E-state index >= 15 is 0 Å². The summed E-state index contributed by atoms with van der Waals surface area (Å²) < 4.78 is 0. The molecule has 0 fully saturated rings. The predicted molar refractivity (Wildman–Crippen MR) is 77.3 cm³/mol. The number of halogens is 2. The molecule has 0 aliphatic heterocycles. The van der Waals surface area contributed by atoms with Crippen LogP contribution in [-0.2, 0) is 22.1 Å². The third-order valence-electron chi connectivity index (χ3n) is 3.68. The summed E-state index contributed by atoms with van der Waals surface area (Å²) in [6, 6.07) is 0. The van der Waals surface area contributed by atoms with Crippen LogP contribution in [0.3, 0.4) is 0 Å². The molecule has 0 aromatic heterocycles. The van der Waals surface area contributed by atoms with Crippen LogP contribution in [0.4, 0.5) is 0 Å². The van der Waals surface area contributed by atoms with E-state index in [9.17, 15) is 0 Å². The summed E-state index contributed by atoms with van der Waals surface area (Å²) in [5.74, 6) is 0. The van der Waals surface area contributed by atoms with Gasteiger partial charge in [0.2, 0.25) is 0 Å². The van der Waals surface area contributed by atoms with E-state index in [0.717, 1.165) is 12.8 Å². The molecule has 0 radical (unpaired) electrons. The summed E-state index contributed by atoms with van der Waals surface area (Å²) in [7, 11) is 9.78. The van der Waals surface area contributed by atoms with Gasteiger partial charge in [0.1, 0.15) is 0 Å². The fourth-order valence-electron chi connectivity index (χ4n) is 2.26. The molecular weight excluding hydrogens is 447 g/mol. The van der Waals surface area contributed by atoms with Crippen LogP contribution in [0.1, 0.15) is 47.1 Å². The van der Waals surface area contributed by atoms with E-state index in [1.807, 2.05) is 0 Å². The summed E-state index contributed by atoms with van der Waals surface area (Å²) >= 11 is -0.556. The SMILES string of the molecule is Cc1c(C)c(C)[c-](CCCCCO)c1C.[Cl][Ir+][Cl]. The molecule has 0 spiro atoms. The van der Waals surface area contributed by atoms with Crippen LogP contribution in [0.25, 0.3) is 0 Å². The molecule has 4 heteroatoms. The quantitative estimate of drug-likeness (QED) is 0.488. The maximum absolute atomic E-state index is 8.72. The Morgan fingerprint density at radius 2 is 1.39 bits per heavy atom. The number of aliphatic hydroxyl groups is 1. The summed E-state index contributed by atoms with van der Waals surface area (Å²) in [5.41, 5.74) is 7.43. The van der Waals surface area contributed by atoms with Crippen molar-refractivity contribution in [1.82, 2.24) is 0 Å². The molecule has 0 saturated carbocycles. The monoisotopic (exact) mass is 470 g/mol. The van der Waals surface area contributed by atoms with Gasteiger partial charge in [-0.1, -0.05) is 47.0 Å². The van der Waals surface area contributed by atoms with Crippen molar-refractivity contribution < 1.29 is 20.8 Å². The van der Waals surface area contributed by atoms with Gasteiger partial charge >= 0.3 is 34.8 Å². The first kappa shape index (κ1) is 18.5. The van der Waals surface area contributed by atoms with Gasteiger partial charge in [0.05, 0.1) is 0 Å². The summed E-state index contributed by atoms with van der Waals surface area (Å²) in [5, 5.41) is 8.72. The normalized spacial score (nSPS) is 10.4. The molecule has 0 aliphatic carbocycles. The Hall–Kier alpha value is 0.539. The van der Waals surface area contributed by atoms with Gasteiger partial charge in [0, 0.05) is 6.61 Å². The number of aliphatic hydroxyl groups excluding tert-OH is 1. The van der Waals surface area contributed by atoms with Crippen LogP contribution in [0.15, 0.2) is 0 Å². The second-order valence-corrected chi connectivity index (χ2v) is 8.02. The zero-order chi connectivity index (χ0) is 14.1. The van der Waals surface area contributed by atoms with E-state index in [-0.39, 0.29) is 0 Å². The van der Waals surface area contributed by atoms with E-state index in [1.54, 1.807) is 5.56 Å². The van der Waals surface area contributed by atoms with Crippen molar-refractivity contribution in [2.75, 3.05) is 6.61 Å². The van der Waals surface area contributed by atoms with E-state index in [2.05, 4.69) is 27.7 Å². The molecule has 0 aliphatic rings. The molecule has 1 N–H and O–H groups in total. The maximum atomic E-state index is 8.72. The zero-order valence-corrected chi connectivity index (χ0v) is 15.5. The molecule has 0 heterocycles.